The van der Waals surface area contributed by atoms with Gasteiger partial charge in [0, 0.05) is 19.1 Å². The summed E-state index contributed by atoms with van der Waals surface area (Å²) < 4.78 is 65.7. The molecule has 0 fully saturated rings. The number of anilines is 1. The molecule has 0 aliphatic carbocycles. The highest BCUT2D eigenvalue weighted by atomic mass is 35.5. The molecule has 0 radical (unpaired) electrons. The molecule has 2 aromatic rings. The molecule has 0 saturated heterocycles. The van der Waals surface area contributed by atoms with Crippen molar-refractivity contribution in [3.8, 4) is 0 Å². The molecule has 0 aliphatic heterocycles. The van der Waals surface area contributed by atoms with Gasteiger partial charge in [-0.2, -0.15) is 0 Å². The summed E-state index contributed by atoms with van der Waals surface area (Å²) in [6.07, 6.45) is 0. The number of nitrogens with zero attached hydrogens (tertiary/aromatic N) is 1. The fraction of sp³-hybridized carbons (Fsp3) is 0.143. The van der Waals surface area contributed by atoms with Crippen LogP contribution in [0.2, 0.25) is 5.02 Å². The minimum absolute atomic E-state index is 0.120. The summed E-state index contributed by atoms with van der Waals surface area (Å²) in [5.41, 5.74) is -0.291. The number of rotatable bonds is 5. The first kappa shape index (κ1) is 18.7. The SMILES string of the molecule is CN(C)S(=O)(=O)c1cccc(S(=O)(=O)Nc2ccc(Cl)cc2F)c1. The van der Waals surface area contributed by atoms with E-state index in [2.05, 4.69) is 4.72 Å². The molecule has 24 heavy (non-hydrogen) atoms. The Balaban J connectivity index is 2.44. The second kappa shape index (κ2) is 6.67. The van der Waals surface area contributed by atoms with Gasteiger partial charge in [0.2, 0.25) is 10.0 Å². The van der Waals surface area contributed by atoms with Crippen LogP contribution in [-0.4, -0.2) is 35.2 Å². The average molecular weight is 393 g/mol. The predicted molar refractivity (Wildman–Crippen MR) is 89.5 cm³/mol. The summed E-state index contributed by atoms with van der Waals surface area (Å²) in [6, 6.07) is 8.26. The Kier molecular flexibility index (Phi) is 5.19. The van der Waals surface area contributed by atoms with E-state index in [1.807, 2.05) is 0 Å². The fourth-order valence-corrected chi connectivity index (χ4v) is 4.08. The maximum absolute atomic E-state index is 13.8. The van der Waals surface area contributed by atoms with Crippen molar-refractivity contribution in [1.82, 2.24) is 4.31 Å². The Labute approximate surface area is 145 Å². The zero-order valence-electron chi connectivity index (χ0n) is 12.7. The summed E-state index contributed by atoms with van der Waals surface area (Å²) in [4.78, 5) is -0.494. The summed E-state index contributed by atoms with van der Waals surface area (Å²) in [6.45, 7) is 0. The molecule has 2 rings (SSSR count). The van der Waals surface area contributed by atoms with Crippen LogP contribution in [0.3, 0.4) is 0 Å². The van der Waals surface area contributed by atoms with Crippen molar-refractivity contribution in [3.63, 3.8) is 0 Å². The number of sulfonamides is 2. The van der Waals surface area contributed by atoms with Crippen molar-refractivity contribution in [2.75, 3.05) is 18.8 Å². The molecule has 2 aromatic carbocycles. The molecule has 130 valence electrons. The Hall–Kier alpha value is -1.68. The maximum Gasteiger partial charge on any atom is 0.262 e. The van der Waals surface area contributed by atoms with Crippen molar-refractivity contribution in [2.45, 2.75) is 9.79 Å². The van der Waals surface area contributed by atoms with E-state index in [9.17, 15) is 21.2 Å². The molecule has 0 unspecified atom stereocenters. The normalized spacial score (nSPS) is 12.4. The molecular formula is C14H14ClFN2O4S2. The molecule has 0 aliphatic rings. The zero-order chi connectivity index (χ0) is 18.1. The van der Waals surface area contributed by atoms with E-state index in [0.29, 0.717) is 0 Å². The molecule has 0 heterocycles. The second-order valence-corrected chi connectivity index (χ2v) is 9.26. The van der Waals surface area contributed by atoms with Gasteiger partial charge in [-0.15, -0.1) is 0 Å². The monoisotopic (exact) mass is 392 g/mol. The van der Waals surface area contributed by atoms with Crippen LogP contribution in [0.15, 0.2) is 52.3 Å². The zero-order valence-corrected chi connectivity index (χ0v) is 15.1. The van der Waals surface area contributed by atoms with Crippen molar-refractivity contribution >= 4 is 37.3 Å². The Bertz CT molecular complexity index is 976. The molecule has 0 bridgehead atoms. The van der Waals surface area contributed by atoms with Crippen LogP contribution < -0.4 is 4.72 Å². The van der Waals surface area contributed by atoms with Gasteiger partial charge in [-0.05, 0) is 36.4 Å². The lowest BCUT2D eigenvalue weighted by atomic mass is 10.3. The van der Waals surface area contributed by atoms with Crippen LogP contribution in [0.25, 0.3) is 0 Å². The lowest BCUT2D eigenvalue weighted by Gasteiger charge is -2.13. The van der Waals surface area contributed by atoms with Gasteiger partial charge >= 0.3 is 0 Å². The van der Waals surface area contributed by atoms with Gasteiger partial charge < -0.3 is 0 Å². The maximum atomic E-state index is 13.8. The molecule has 6 nitrogen and oxygen atoms in total. The van der Waals surface area contributed by atoms with E-state index >= 15 is 0 Å². The van der Waals surface area contributed by atoms with Gasteiger partial charge in [0.15, 0.2) is 0 Å². The first-order valence-corrected chi connectivity index (χ1v) is 9.84. The first-order valence-electron chi connectivity index (χ1n) is 6.54. The van der Waals surface area contributed by atoms with Gasteiger partial charge in [-0.1, -0.05) is 17.7 Å². The number of hydrogen-bond acceptors (Lipinski definition) is 4. The number of benzene rings is 2. The van der Waals surface area contributed by atoms with Crippen molar-refractivity contribution in [2.24, 2.45) is 0 Å². The topological polar surface area (TPSA) is 83.6 Å². The van der Waals surface area contributed by atoms with E-state index in [0.717, 1.165) is 16.4 Å². The molecule has 0 amide bonds. The molecule has 1 N–H and O–H groups in total. The molecule has 0 spiro atoms. The van der Waals surface area contributed by atoms with Crippen molar-refractivity contribution in [3.05, 3.63) is 53.3 Å². The Morgan fingerprint density at radius 2 is 1.62 bits per heavy atom. The summed E-state index contributed by atoms with van der Waals surface area (Å²) >= 11 is 5.62. The quantitative estimate of drug-likeness (QED) is 0.847. The third-order valence-corrected chi connectivity index (χ3v) is 6.48. The third-order valence-electron chi connectivity index (χ3n) is 3.07. The standard InChI is InChI=1S/C14H14ClFN2O4S2/c1-18(2)24(21,22)12-5-3-4-11(9-12)23(19,20)17-14-7-6-10(15)8-13(14)16/h3-9,17H,1-2H3. The minimum Gasteiger partial charge on any atom is -0.277 e. The van der Waals surface area contributed by atoms with Gasteiger partial charge in [0.05, 0.1) is 15.5 Å². The minimum atomic E-state index is -4.17. The highest BCUT2D eigenvalue weighted by molar-refractivity contribution is 7.93. The largest absolute Gasteiger partial charge is 0.277 e. The van der Waals surface area contributed by atoms with E-state index in [1.165, 1.54) is 44.4 Å². The van der Waals surface area contributed by atoms with Crippen LogP contribution >= 0.6 is 11.6 Å². The van der Waals surface area contributed by atoms with Gasteiger partial charge in [-0.3, -0.25) is 4.72 Å². The highest BCUT2D eigenvalue weighted by Crippen LogP contribution is 2.24. The lowest BCUT2D eigenvalue weighted by molar-refractivity contribution is 0.520. The van der Waals surface area contributed by atoms with Crippen LogP contribution in [0.5, 0.6) is 0 Å². The number of halogens is 2. The van der Waals surface area contributed by atoms with Gasteiger partial charge in [0.1, 0.15) is 5.82 Å². The van der Waals surface area contributed by atoms with Gasteiger partial charge in [0.25, 0.3) is 10.0 Å². The Morgan fingerprint density at radius 1 is 1.00 bits per heavy atom. The fourth-order valence-electron chi connectivity index (χ4n) is 1.79. The smallest absolute Gasteiger partial charge is 0.262 e. The molecular weight excluding hydrogens is 379 g/mol. The van der Waals surface area contributed by atoms with Crippen LogP contribution in [0, 0.1) is 5.82 Å². The second-order valence-electron chi connectivity index (χ2n) is 4.99. The first-order chi connectivity index (χ1) is 11.0. The lowest BCUT2D eigenvalue weighted by Crippen LogP contribution is -2.22. The van der Waals surface area contributed by atoms with E-state index in [-0.39, 0.29) is 20.5 Å². The number of hydrogen-bond donors (Lipinski definition) is 1. The van der Waals surface area contributed by atoms with Crippen LogP contribution in [0.4, 0.5) is 10.1 Å². The average Bonchev–Trinajstić information content (AvgIpc) is 2.50. The predicted octanol–water partition coefficient (Wildman–Crippen LogP) is 2.53. The molecule has 0 atom stereocenters. The van der Waals surface area contributed by atoms with Crippen LogP contribution in [0.1, 0.15) is 0 Å². The summed E-state index contributed by atoms with van der Waals surface area (Å²) in [5.74, 6) is -0.844. The van der Waals surface area contributed by atoms with Gasteiger partial charge in [-0.25, -0.2) is 25.5 Å². The summed E-state index contributed by atoms with van der Waals surface area (Å²) in [5, 5.41) is 0.120. The van der Waals surface area contributed by atoms with Crippen molar-refractivity contribution < 1.29 is 21.2 Å². The van der Waals surface area contributed by atoms with Crippen LogP contribution in [-0.2, 0) is 20.0 Å². The molecule has 0 saturated carbocycles. The van der Waals surface area contributed by atoms with E-state index in [4.69, 9.17) is 11.6 Å². The highest BCUT2D eigenvalue weighted by Gasteiger charge is 2.22. The summed E-state index contributed by atoms with van der Waals surface area (Å²) in [7, 11) is -5.31. The molecule has 10 heteroatoms. The Morgan fingerprint density at radius 3 is 2.21 bits per heavy atom. The van der Waals surface area contributed by atoms with E-state index in [1.54, 1.807) is 0 Å². The van der Waals surface area contributed by atoms with E-state index < -0.39 is 25.9 Å². The van der Waals surface area contributed by atoms with Crippen molar-refractivity contribution in [1.29, 1.82) is 0 Å². The number of nitrogens with one attached hydrogen (secondary N) is 1. The third kappa shape index (κ3) is 3.86. The molecule has 0 aromatic heterocycles.